The molecule has 0 amide bonds. The maximum absolute atomic E-state index is 12.0. The smallest absolute Gasteiger partial charge is 0.305 e. The molecule has 0 bridgehead atoms. The number of unbranched alkanes of at least 4 members (excludes halogenated alkanes) is 31. The quantitative estimate of drug-likeness (QED) is 0.0378. The molecule has 0 saturated heterocycles. The Morgan fingerprint density at radius 2 is 0.609 bits per heavy atom. The van der Waals surface area contributed by atoms with Crippen LogP contribution >= 0.6 is 0 Å². The second-order valence-electron chi connectivity index (χ2n) is 14.3. The minimum absolute atomic E-state index is 0.0210. The van der Waals surface area contributed by atoms with E-state index in [1.165, 1.54) is 212 Å². The molecule has 0 N–H and O–H groups in total. The van der Waals surface area contributed by atoms with Crippen LogP contribution in [-0.2, 0) is 9.53 Å². The van der Waals surface area contributed by atoms with E-state index >= 15 is 0 Å². The van der Waals surface area contributed by atoms with Gasteiger partial charge in [-0.15, -0.1) is 0 Å². The number of hydrogen-bond donors (Lipinski definition) is 0. The van der Waals surface area contributed by atoms with Gasteiger partial charge in [-0.25, -0.2) is 0 Å². The molecule has 272 valence electrons. The SMILES string of the molecule is CCCCCCCCC=CCCCCCCCCCCCCCCOC(=O)CCCCCCCCCC=CCCCCCCCC. The maximum atomic E-state index is 12.0. The zero-order valence-corrected chi connectivity index (χ0v) is 31.8. The molecule has 2 nitrogen and oxygen atoms in total. The number of allylic oxidation sites excluding steroid dienone is 4. The van der Waals surface area contributed by atoms with E-state index in [0.717, 1.165) is 12.8 Å². The zero-order chi connectivity index (χ0) is 33.3. The predicted molar refractivity (Wildman–Crippen MR) is 207 cm³/mol. The first-order valence-electron chi connectivity index (χ1n) is 21.3. The predicted octanol–water partition coefficient (Wildman–Crippen LogP) is 15.7. The van der Waals surface area contributed by atoms with Crippen LogP contribution in [0, 0.1) is 0 Å². The highest BCUT2D eigenvalue weighted by molar-refractivity contribution is 5.69. The van der Waals surface area contributed by atoms with E-state index in [0.29, 0.717) is 13.0 Å². The molecule has 0 aromatic heterocycles. The van der Waals surface area contributed by atoms with E-state index in [9.17, 15) is 4.79 Å². The van der Waals surface area contributed by atoms with Gasteiger partial charge in [0.1, 0.15) is 0 Å². The summed E-state index contributed by atoms with van der Waals surface area (Å²) in [5, 5.41) is 0. The van der Waals surface area contributed by atoms with Crippen molar-refractivity contribution in [1.82, 2.24) is 0 Å². The molecule has 0 spiro atoms. The molecular weight excluding hydrogens is 560 g/mol. The van der Waals surface area contributed by atoms with Gasteiger partial charge in [-0.05, 0) is 64.2 Å². The fourth-order valence-electron chi connectivity index (χ4n) is 6.36. The minimum Gasteiger partial charge on any atom is -0.466 e. The standard InChI is InChI=1S/C44H84O2/c1-3-5-7-9-11-13-15-17-19-21-22-23-24-25-27-29-31-33-35-37-39-41-43-46-44(45)42-40-38-36-34-32-30-28-26-20-18-16-14-12-10-8-6-4-2/h17-20H,3-16,21-43H2,1-2H3. The number of rotatable bonds is 39. The summed E-state index contributed by atoms with van der Waals surface area (Å²) >= 11 is 0. The summed E-state index contributed by atoms with van der Waals surface area (Å²) in [5.41, 5.74) is 0. The van der Waals surface area contributed by atoms with Crippen LogP contribution in [0.2, 0.25) is 0 Å². The first-order chi connectivity index (χ1) is 22.8. The molecule has 0 saturated carbocycles. The number of carbonyl (C=O) groups excluding carboxylic acids is 1. The van der Waals surface area contributed by atoms with E-state index in [-0.39, 0.29) is 5.97 Å². The number of esters is 1. The van der Waals surface area contributed by atoms with E-state index in [1.54, 1.807) is 0 Å². The average Bonchev–Trinajstić information content (AvgIpc) is 3.06. The number of carbonyl (C=O) groups is 1. The normalized spacial score (nSPS) is 11.8. The molecular formula is C44H84O2. The zero-order valence-electron chi connectivity index (χ0n) is 31.8. The van der Waals surface area contributed by atoms with E-state index in [4.69, 9.17) is 4.74 Å². The van der Waals surface area contributed by atoms with Crippen LogP contribution in [0.5, 0.6) is 0 Å². The Hall–Kier alpha value is -1.05. The highest BCUT2D eigenvalue weighted by Crippen LogP contribution is 2.14. The molecule has 0 aliphatic heterocycles. The molecule has 0 aromatic rings. The van der Waals surface area contributed by atoms with Crippen LogP contribution in [0.3, 0.4) is 0 Å². The summed E-state index contributed by atoms with van der Waals surface area (Å²) < 4.78 is 5.47. The Labute approximate surface area is 290 Å². The van der Waals surface area contributed by atoms with Crippen LogP contribution in [0.4, 0.5) is 0 Å². The fraction of sp³-hybridized carbons (Fsp3) is 0.886. The Bertz CT molecular complexity index is 621. The van der Waals surface area contributed by atoms with E-state index < -0.39 is 0 Å². The third-order valence-electron chi connectivity index (χ3n) is 9.56. The van der Waals surface area contributed by atoms with Crippen molar-refractivity contribution in [3.8, 4) is 0 Å². The van der Waals surface area contributed by atoms with Gasteiger partial charge in [0.05, 0.1) is 6.61 Å². The van der Waals surface area contributed by atoms with Crippen LogP contribution in [0.1, 0.15) is 245 Å². The molecule has 0 fully saturated rings. The summed E-state index contributed by atoms with van der Waals surface area (Å²) in [4.78, 5) is 12.0. The molecule has 0 rings (SSSR count). The summed E-state index contributed by atoms with van der Waals surface area (Å²) in [6.45, 7) is 5.20. The van der Waals surface area contributed by atoms with Gasteiger partial charge in [0.25, 0.3) is 0 Å². The molecule has 0 radical (unpaired) electrons. The van der Waals surface area contributed by atoms with Crippen LogP contribution < -0.4 is 0 Å². The molecule has 0 heterocycles. The Kier molecular flexibility index (Phi) is 41.0. The van der Waals surface area contributed by atoms with Crippen molar-refractivity contribution >= 4 is 5.97 Å². The highest BCUT2D eigenvalue weighted by Gasteiger charge is 2.03. The number of hydrogen-bond acceptors (Lipinski definition) is 2. The van der Waals surface area contributed by atoms with Crippen molar-refractivity contribution in [2.24, 2.45) is 0 Å². The van der Waals surface area contributed by atoms with E-state index in [1.807, 2.05) is 0 Å². The second kappa shape index (κ2) is 42.0. The third kappa shape index (κ3) is 41.0. The largest absolute Gasteiger partial charge is 0.466 e. The van der Waals surface area contributed by atoms with Crippen molar-refractivity contribution in [2.75, 3.05) is 6.61 Å². The van der Waals surface area contributed by atoms with Crippen LogP contribution in [0.25, 0.3) is 0 Å². The topological polar surface area (TPSA) is 26.3 Å². The Morgan fingerprint density at radius 3 is 0.935 bits per heavy atom. The lowest BCUT2D eigenvalue weighted by molar-refractivity contribution is -0.143. The fourth-order valence-corrected chi connectivity index (χ4v) is 6.36. The van der Waals surface area contributed by atoms with Gasteiger partial charge in [0.15, 0.2) is 0 Å². The second-order valence-corrected chi connectivity index (χ2v) is 14.3. The van der Waals surface area contributed by atoms with Gasteiger partial charge >= 0.3 is 5.97 Å². The van der Waals surface area contributed by atoms with Crippen molar-refractivity contribution in [2.45, 2.75) is 245 Å². The van der Waals surface area contributed by atoms with Crippen molar-refractivity contribution in [1.29, 1.82) is 0 Å². The lowest BCUT2D eigenvalue weighted by atomic mass is 10.0. The van der Waals surface area contributed by atoms with Crippen LogP contribution in [0.15, 0.2) is 24.3 Å². The van der Waals surface area contributed by atoms with Gasteiger partial charge < -0.3 is 4.74 Å². The average molecular weight is 645 g/mol. The van der Waals surface area contributed by atoms with Gasteiger partial charge in [0, 0.05) is 6.42 Å². The summed E-state index contributed by atoms with van der Waals surface area (Å²) in [5.74, 6) is 0.0210. The lowest BCUT2D eigenvalue weighted by Crippen LogP contribution is -2.05. The summed E-state index contributed by atoms with van der Waals surface area (Å²) in [6.07, 6.45) is 57.0. The molecule has 2 heteroatoms. The van der Waals surface area contributed by atoms with Gasteiger partial charge in [-0.1, -0.05) is 199 Å². The molecule has 0 aliphatic rings. The molecule has 0 aliphatic carbocycles. The molecule has 0 unspecified atom stereocenters. The Morgan fingerprint density at radius 1 is 0.348 bits per heavy atom. The van der Waals surface area contributed by atoms with Crippen molar-refractivity contribution in [3.63, 3.8) is 0 Å². The Balaban J connectivity index is 3.20. The van der Waals surface area contributed by atoms with Gasteiger partial charge in [-0.2, -0.15) is 0 Å². The maximum Gasteiger partial charge on any atom is 0.305 e. The molecule has 0 aromatic carbocycles. The minimum atomic E-state index is 0.0210. The van der Waals surface area contributed by atoms with Gasteiger partial charge in [-0.3, -0.25) is 4.79 Å². The third-order valence-corrected chi connectivity index (χ3v) is 9.56. The number of ether oxygens (including phenoxy) is 1. The molecule has 0 atom stereocenters. The van der Waals surface area contributed by atoms with E-state index in [2.05, 4.69) is 38.2 Å². The summed E-state index contributed by atoms with van der Waals surface area (Å²) in [7, 11) is 0. The first kappa shape index (κ1) is 45.0. The van der Waals surface area contributed by atoms with Crippen LogP contribution in [-0.4, -0.2) is 12.6 Å². The molecule has 46 heavy (non-hydrogen) atoms. The monoisotopic (exact) mass is 645 g/mol. The lowest BCUT2D eigenvalue weighted by Gasteiger charge is -2.06. The van der Waals surface area contributed by atoms with Crippen molar-refractivity contribution in [3.05, 3.63) is 24.3 Å². The summed E-state index contributed by atoms with van der Waals surface area (Å²) in [6, 6.07) is 0. The highest BCUT2D eigenvalue weighted by atomic mass is 16.5. The first-order valence-corrected chi connectivity index (χ1v) is 21.3. The van der Waals surface area contributed by atoms with Crippen molar-refractivity contribution < 1.29 is 9.53 Å². The van der Waals surface area contributed by atoms with Gasteiger partial charge in [0.2, 0.25) is 0 Å².